The first-order valence-electron chi connectivity index (χ1n) is 8.50. The Bertz CT molecular complexity index is 822. The lowest BCUT2D eigenvalue weighted by Crippen LogP contribution is -2.68. The zero-order valence-electron chi connectivity index (χ0n) is 14.6. The van der Waals surface area contributed by atoms with E-state index in [9.17, 15) is 0 Å². The van der Waals surface area contributed by atoms with Crippen molar-refractivity contribution < 1.29 is 9.73 Å². The van der Waals surface area contributed by atoms with Gasteiger partial charge in [0, 0.05) is 0 Å². The van der Waals surface area contributed by atoms with E-state index in [2.05, 4.69) is 53.6 Å². The van der Waals surface area contributed by atoms with Crippen LogP contribution in [0.3, 0.4) is 0 Å². The Morgan fingerprint density at radius 3 is 2.20 bits per heavy atom. The van der Waals surface area contributed by atoms with E-state index >= 15 is 0 Å². The Morgan fingerprint density at radius 1 is 0.880 bits per heavy atom. The molecule has 0 saturated heterocycles. The lowest BCUT2D eigenvalue weighted by Gasteiger charge is -2.06. The van der Waals surface area contributed by atoms with Crippen molar-refractivity contribution in [2.45, 2.75) is 13.8 Å². The first kappa shape index (κ1) is 16.8. The summed E-state index contributed by atoms with van der Waals surface area (Å²) >= 11 is 0. The number of rotatable bonds is 5. The van der Waals surface area contributed by atoms with Crippen molar-refractivity contribution in [2.24, 2.45) is 0 Å². The van der Waals surface area contributed by atoms with Crippen LogP contribution in [0.5, 0.6) is 5.75 Å². The van der Waals surface area contributed by atoms with Gasteiger partial charge in [0.1, 0.15) is 17.1 Å². The number of nitrogens with one attached hydrogen (secondary N) is 2. The first-order chi connectivity index (χ1) is 12.2. The van der Waals surface area contributed by atoms with E-state index in [1.54, 1.807) is 0 Å². The van der Waals surface area contributed by atoms with Crippen molar-refractivity contribution >= 4 is 17.2 Å². The summed E-state index contributed by atoms with van der Waals surface area (Å²) in [4.78, 5) is 3.49. The van der Waals surface area contributed by atoms with Crippen molar-refractivity contribution in [3.63, 3.8) is 0 Å². The van der Waals surface area contributed by atoms with Gasteiger partial charge in [0.25, 0.3) is 5.84 Å². The van der Waals surface area contributed by atoms with Crippen molar-refractivity contribution in [3.8, 4) is 5.75 Å². The lowest BCUT2D eigenvalue weighted by molar-refractivity contribution is -0.352. The topological polar surface area (TPSA) is 35.2 Å². The Hall–Kier alpha value is -3.07. The van der Waals surface area contributed by atoms with E-state index in [1.165, 1.54) is 5.56 Å². The van der Waals surface area contributed by atoms with Gasteiger partial charge in [-0.3, -0.25) is 0 Å². The number of hydrogen-bond donors (Lipinski definition) is 2. The average molecular weight is 331 g/mol. The summed E-state index contributed by atoms with van der Waals surface area (Å²) in [5, 5.41) is 3.48. The Morgan fingerprint density at radius 2 is 1.56 bits per heavy atom. The second-order valence-corrected chi connectivity index (χ2v) is 5.81. The molecular weight excluding hydrogens is 308 g/mol. The molecule has 2 N–H and O–H groups in total. The minimum Gasteiger partial charge on any atom is -0.494 e. The molecule has 0 heterocycles. The molecule has 126 valence electrons. The molecule has 25 heavy (non-hydrogen) atoms. The fourth-order valence-electron chi connectivity index (χ4n) is 2.51. The molecule has 3 heteroatoms. The quantitative estimate of drug-likeness (QED) is 0.553. The monoisotopic (exact) mass is 331 g/mol. The molecule has 0 aliphatic heterocycles. The van der Waals surface area contributed by atoms with Gasteiger partial charge in [0.15, 0.2) is 0 Å². The van der Waals surface area contributed by atoms with Gasteiger partial charge < -0.3 is 4.74 Å². The maximum absolute atomic E-state index is 5.51. The number of anilines is 1. The highest BCUT2D eigenvalue weighted by atomic mass is 16.5. The minimum absolute atomic E-state index is 0.670. The Kier molecular flexibility index (Phi) is 5.47. The van der Waals surface area contributed by atoms with Gasteiger partial charge in [-0.25, -0.2) is 10.3 Å². The van der Waals surface area contributed by atoms with Crippen molar-refractivity contribution in [1.29, 1.82) is 0 Å². The lowest BCUT2D eigenvalue weighted by atomic mass is 10.2. The summed E-state index contributed by atoms with van der Waals surface area (Å²) in [5.41, 5.74) is 4.38. The minimum atomic E-state index is 0.670. The number of aryl methyl sites for hydroxylation is 1. The van der Waals surface area contributed by atoms with Crippen LogP contribution in [0.2, 0.25) is 0 Å². The third-order valence-corrected chi connectivity index (χ3v) is 3.82. The van der Waals surface area contributed by atoms with Crippen LogP contribution in [0.15, 0.2) is 78.9 Å². The molecule has 0 atom stereocenters. The van der Waals surface area contributed by atoms with Crippen LogP contribution >= 0.6 is 0 Å². The van der Waals surface area contributed by atoms with Crippen LogP contribution in [-0.2, 0) is 0 Å². The van der Waals surface area contributed by atoms with Crippen LogP contribution in [0.4, 0.5) is 11.4 Å². The molecule has 0 aliphatic rings. The van der Waals surface area contributed by atoms with Crippen LogP contribution in [0, 0.1) is 6.92 Å². The third-order valence-electron chi connectivity index (χ3n) is 3.82. The van der Waals surface area contributed by atoms with Gasteiger partial charge in [-0.1, -0.05) is 35.9 Å². The van der Waals surface area contributed by atoms with Gasteiger partial charge in [-0.2, -0.15) is 0 Å². The van der Waals surface area contributed by atoms with E-state index in [-0.39, 0.29) is 0 Å². The summed E-state index contributed by atoms with van der Waals surface area (Å²) in [6, 6.07) is 26.6. The molecule has 0 radical (unpaired) electrons. The highest BCUT2D eigenvalue weighted by Crippen LogP contribution is 2.16. The van der Waals surface area contributed by atoms with Gasteiger partial charge in [0.2, 0.25) is 0 Å². The van der Waals surface area contributed by atoms with Gasteiger partial charge in [-0.15, -0.1) is 0 Å². The third kappa shape index (κ3) is 4.70. The molecule has 0 amide bonds. The fourth-order valence-corrected chi connectivity index (χ4v) is 2.51. The molecule has 0 aliphatic carbocycles. The van der Waals surface area contributed by atoms with Crippen LogP contribution in [0.1, 0.15) is 18.1 Å². The van der Waals surface area contributed by atoms with E-state index in [0.717, 1.165) is 28.5 Å². The predicted octanol–water partition coefficient (Wildman–Crippen LogP) is 3.66. The molecule has 0 spiro atoms. The SMILES string of the molecule is CCOc1ccc(NC(=[NH+]c2ccc(C)cc2)c2ccccc2)cc1. The number of amidine groups is 1. The molecule has 0 saturated carbocycles. The molecule has 0 aromatic heterocycles. The van der Waals surface area contributed by atoms with E-state index < -0.39 is 0 Å². The van der Waals surface area contributed by atoms with E-state index in [1.807, 2.05) is 49.4 Å². The molecule has 0 fully saturated rings. The van der Waals surface area contributed by atoms with Crippen LogP contribution < -0.4 is 15.0 Å². The zero-order valence-corrected chi connectivity index (χ0v) is 14.6. The summed E-state index contributed by atoms with van der Waals surface area (Å²) in [7, 11) is 0. The van der Waals surface area contributed by atoms with Gasteiger partial charge >= 0.3 is 0 Å². The highest BCUT2D eigenvalue weighted by molar-refractivity contribution is 6.04. The Labute approximate surface area is 149 Å². The molecule has 3 aromatic carbocycles. The van der Waals surface area contributed by atoms with Gasteiger partial charge in [-0.05, 0) is 62.4 Å². The summed E-state index contributed by atoms with van der Waals surface area (Å²) in [6.07, 6.45) is 0. The Balaban J connectivity index is 1.90. The van der Waals surface area contributed by atoms with Crippen LogP contribution in [-0.4, -0.2) is 12.4 Å². The molecule has 3 rings (SSSR count). The maximum Gasteiger partial charge on any atom is 0.285 e. The predicted molar refractivity (Wildman–Crippen MR) is 104 cm³/mol. The molecular formula is C22H23N2O+. The maximum atomic E-state index is 5.51. The normalized spacial score (nSPS) is 11.2. The summed E-state index contributed by atoms with van der Waals surface area (Å²) in [5.74, 6) is 1.81. The second-order valence-electron chi connectivity index (χ2n) is 5.81. The molecule has 0 bridgehead atoms. The molecule has 3 nitrogen and oxygen atoms in total. The van der Waals surface area contributed by atoms with Crippen molar-refractivity contribution in [3.05, 3.63) is 90.0 Å². The number of hydrogen-bond acceptors (Lipinski definition) is 1. The first-order valence-corrected chi connectivity index (χ1v) is 8.50. The van der Waals surface area contributed by atoms with E-state index in [0.29, 0.717) is 6.61 Å². The van der Waals surface area contributed by atoms with Crippen molar-refractivity contribution in [2.75, 3.05) is 11.9 Å². The number of benzene rings is 3. The van der Waals surface area contributed by atoms with Crippen LogP contribution in [0.25, 0.3) is 0 Å². The summed E-state index contributed by atoms with van der Waals surface area (Å²) < 4.78 is 5.51. The highest BCUT2D eigenvalue weighted by Gasteiger charge is 2.11. The van der Waals surface area contributed by atoms with Crippen molar-refractivity contribution in [1.82, 2.24) is 0 Å². The largest absolute Gasteiger partial charge is 0.494 e. The zero-order chi connectivity index (χ0) is 17.5. The molecule has 3 aromatic rings. The average Bonchev–Trinajstić information content (AvgIpc) is 2.65. The summed E-state index contributed by atoms with van der Waals surface area (Å²) in [6.45, 7) is 4.74. The fraction of sp³-hybridized carbons (Fsp3) is 0.136. The second kappa shape index (κ2) is 8.15. The molecule has 0 unspecified atom stereocenters. The standard InChI is InChI=1S/C22H22N2O/c1-3-25-21-15-13-20(14-16-21)24-22(18-7-5-4-6-8-18)23-19-11-9-17(2)10-12-19/h4-16H,3H2,1-2H3,(H,23,24)/p+1. The smallest absolute Gasteiger partial charge is 0.285 e. The number of ether oxygens (including phenoxy) is 1. The van der Waals surface area contributed by atoms with E-state index in [4.69, 9.17) is 4.74 Å². The van der Waals surface area contributed by atoms with Gasteiger partial charge in [0.05, 0.1) is 12.2 Å².